The molecule has 0 bridgehead atoms. The molecule has 0 spiro atoms. The van der Waals surface area contributed by atoms with Gasteiger partial charge >= 0.3 is 5.97 Å². The fourth-order valence-corrected chi connectivity index (χ4v) is 2.97. The van der Waals surface area contributed by atoms with E-state index in [-0.39, 0.29) is 5.56 Å². The lowest BCUT2D eigenvalue weighted by molar-refractivity contribution is -0.148. The maximum absolute atomic E-state index is 12.4. The predicted octanol–water partition coefficient (Wildman–Crippen LogP) is 1.99. The van der Waals surface area contributed by atoms with Gasteiger partial charge in [0.05, 0.1) is 6.26 Å². The summed E-state index contributed by atoms with van der Waals surface area (Å²) in [5.41, 5.74) is 0.968. The van der Waals surface area contributed by atoms with Crippen LogP contribution >= 0.6 is 0 Å². The van der Waals surface area contributed by atoms with Gasteiger partial charge in [0, 0.05) is 16.8 Å². The summed E-state index contributed by atoms with van der Waals surface area (Å²) in [6.07, 6.45) is -0.0574. The first-order valence-corrected chi connectivity index (χ1v) is 10.6. The highest BCUT2D eigenvalue weighted by molar-refractivity contribution is 7.92. The second kappa shape index (κ2) is 9.33. The summed E-state index contributed by atoms with van der Waals surface area (Å²) in [6, 6.07) is 13.2. The van der Waals surface area contributed by atoms with Crippen molar-refractivity contribution in [3.8, 4) is 0 Å². The number of carbonyl (C=O) groups is 3. The number of hydrogen-bond acceptors (Lipinski definition) is 6. The van der Waals surface area contributed by atoms with Crippen LogP contribution in [-0.4, -0.2) is 44.5 Å². The van der Waals surface area contributed by atoms with Crippen LogP contribution in [0, 0.1) is 0 Å². The van der Waals surface area contributed by atoms with E-state index < -0.39 is 39.8 Å². The van der Waals surface area contributed by atoms with E-state index in [0.29, 0.717) is 11.3 Å². The minimum absolute atomic E-state index is 0.255. The molecule has 0 aliphatic heterocycles. The van der Waals surface area contributed by atoms with Crippen molar-refractivity contribution < 1.29 is 27.5 Å². The predicted molar refractivity (Wildman–Crippen MR) is 108 cm³/mol. The number of sulfonamides is 1. The summed E-state index contributed by atoms with van der Waals surface area (Å²) in [5, 5.41) is 2.52. The number of amides is 1. The van der Waals surface area contributed by atoms with Gasteiger partial charge in [0.1, 0.15) is 6.04 Å². The van der Waals surface area contributed by atoms with Crippen molar-refractivity contribution in [3.63, 3.8) is 0 Å². The molecule has 0 aromatic heterocycles. The van der Waals surface area contributed by atoms with Crippen molar-refractivity contribution in [2.24, 2.45) is 0 Å². The Balaban J connectivity index is 1.94. The average molecular weight is 418 g/mol. The number of Topliss-reactive ketones (excluding diaryl/α,β-unsaturated/α-hetero) is 1. The summed E-state index contributed by atoms with van der Waals surface area (Å²) < 4.78 is 29.9. The second-order valence-corrected chi connectivity index (χ2v) is 8.20. The molecule has 0 aliphatic carbocycles. The van der Waals surface area contributed by atoms with Gasteiger partial charge in [0.2, 0.25) is 15.8 Å². The van der Waals surface area contributed by atoms with Gasteiger partial charge in [-0.3, -0.25) is 14.3 Å². The number of hydrogen-bond donors (Lipinski definition) is 2. The first-order chi connectivity index (χ1) is 13.6. The van der Waals surface area contributed by atoms with Crippen molar-refractivity contribution in [1.29, 1.82) is 0 Å². The number of carbonyl (C=O) groups excluding carboxylic acids is 3. The molecule has 0 fully saturated rings. The second-order valence-electron chi connectivity index (χ2n) is 6.46. The summed E-state index contributed by atoms with van der Waals surface area (Å²) >= 11 is 0. The fraction of sp³-hybridized carbons (Fsp3) is 0.250. The SMILES string of the molecule is C[C@H](NC(=O)c1ccccc1)C(=O)O[C@H](C)C(=O)c1ccc(NS(C)(=O)=O)cc1. The molecule has 2 N–H and O–H groups in total. The Morgan fingerprint density at radius 3 is 2.03 bits per heavy atom. The number of esters is 1. The summed E-state index contributed by atoms with van der Waals surface area (Å²) in [5.74, 6) is -1.63. The third-order valence-corrected chi connectivity index (χ3v) is 4.48. The highest BCUT2D eigenvalue weighted by Gasteiger charge is 2.24. The van der Waals surface area contributed by atoms with Crippen LogP contribution in [-0.2, 0) is 19.6 Å². The topological polar surface area (TPSA) is 119 Å². The van der Waals surface area contributed by atoms with Gasteiger partial charge < -0.3 is 10.1 Å². The number of anilines is 1. The molecule has 2 aromatic rings. The molecule has 1 amide bonds. The highest BCUT2D eigenvalue weighted by Crippen LogP contribution is 2.14. The van der Waals surface area contributed by atoms with Gasteiger partial charge in [-0.05, 0) is 50.2 Å². The fourth-order valence-electron chi connectivity index (χ4n) is 2.41. The van der Waals surface area contributed by atoms with E-state index in [9.17, 15) is 22.8 Å². The van der Waals surface area contributed by atoms with Gasteiger partial charge in [-0.1, -0.05) is 18.2 Å². The minimum Gasteiger partial charge on any atom is -0.453 e. The molecule has 0 radical (unpaired) electrons. The van der Waals surface area contributed by atoms with Crippen LogP contribution in [0.15, 0.2) is 54.6 Å². The normalized spacial score (nSPS) is 13.1. The van der Waals surface area contributed by atoms with Gasteiger partial charge in [0.25, 0.3) is 5.91 Å². The van der Waals surface area contributed by atoms with Gasteiger partial charge in [0.15, 0.2) is 6.10 Å². The number of rotatable bonds is 8. The number of ether oxygens (including phenoxy) is 1. The Labute approximate surface area is 169 Å². The van der Waals surface area contributed by atoms with Crippen molar-refractivity contribution in [3.05, 3.63) is 65.7 Å². The molecule has 8 nitrogen and oxygen atoms in total. The number of benzene rings is 2. The van der Waals surface area contributed by atoms with E-state index in [1.165, 1.54) is 38.1 Å². The van der Waals surface area contributed by atoms with E-state index in [1.54, 1.807) is 30.3 Å². The lowest BCUT2D eigenvalue weighted by atomic mass is 10.1. The Hall–Kier alpha value is -3.20. The zero-order chi connectivity index (χ0) is 21.6. The standard InChI is InChI=1S/C20H22N2O6S/c1-13(21-19(24)16-7-5-4-6-8-16)20(25)28-14(2)18(23)15-9-11-17(12-10-15)22-29(3,26)27/h4-14,22H,1-3H3,(H,21,24)/t13-,14+/m0/s1. The molecule has 0 heterocycles. The van der Waals surface area contributed by atoms with E-state index in [4.69, 9.17) is 4.74 Å². The summed E-state index contributed by atoms with van der Waals surface area (Å²) in [4.78, 5) is 36.7. The molecule has 2 rings (SSSR count). The van der Waals surface area contributed by atoms with Crippen LogP contribution in [0.2, 0.25) is 0 Å². The van der Waals surface area contributed by atoms with Crippen molar-refractivity contribution in [2.75, 3.05) is 11.0 Å². The number of ketones is 1. The maximum atomic E-state index is 12.4. The van der Waals surface area contributed by atoms with E-state index in [2.05, 4.69) is 10.0 Å². The molecule has 0 unspecified atom stereocenters. The van der Waals surface area contributed by atoms with Crippen LogP contribution in [0.1, 0.15) is 34.6 Å². The first kappa shape index (κ1) is 22.1. The molecular weight excluding hydrogens is 396 g/mol. The zero-order valence-corrected chi connectivity index (χ0v) is 17.0. The molecular formula is C20H22N2O6S. The first-order valence-electron chi connectivity index (χ1n) is 8.75. The molecule has 0 saturated heterocycles. The van der Waals surface area contributed by atoms with Crippen LogP contribution in [0.5, 0.6) is 0 Å². The summed E-state index contributed by atoms with van der Waals surface area (Å²) in [7, 11) is -3.42. The molecule has 0 saturated carbocycles. The Bertz CT molecular complexity index is 987. The van der Waals surface area contributed by atoms with E-state index in [1.807, 2.05) is 0 Å². The van der Waals surface area contributed by atoms with Crippen LogP contribution < -0.4 is 10.0 Å². The third-order valence-electron chi connectivity index (χ3n) is 3.87. The van der Waals surface area contributed by atoms with Crippen LogP contribution in [0.3, 0.4) is 0 Å². The van der Waals surface area contributed by atoms with E-state index >= 15 is 0 Å². The van der Waals surface area contributed by atoms with Crippen molar-refractivity contribution in [2.45, 2.75) is 26.0 Å². The molecule has 154 valence electrons. The molecule has 29 heavy (non-hydrogen) atoms. The molecule has 2 atom stereocenters. The lowest BCUT2D eigenvalue weighted by Crippen LogP contribution is -2.41. The maximum Gasteiger partial charge on any atom is 0.329 e. The molecule has 2 aromatic carbocycles. The molecule has 9 heteroatoms. The van der Waals surface area contributed by atoms with E-state index in [0.717, 1.165) is 6.26 Å². The van der Waals surface area contributed by atoms with Crippen LogP contribution in [0.25, 0.3) is 0 Å². The Morgan fingerprint density at radius 2 is 1.48 bits per heavy atom. The van der Waals surface area contributed by atoms with Crippen molar-refractivity contribution in [1.82, 2.24) is 5.32 Å². The van der Waals surface area contributed by atoms with Gasteiger partial charge in [-0.25, -0.2) is 13.2 Å². The monoisotopic (exact) mass is 418 g/mol. The van der Waals surface area contributed by atoms with Crippen LogP contribution in [0.4, 0.5) is 5.69 Å². The smallest absolute Gasteiger partial charge is 0.329 e. The largest absolute Gasteiger partial charge is 0.453 e. The lowest BCUT2D eigenvalue weighted by Gasteiger charge is -2.17. The Kier molecular flexibility index (Phi) is 7.11. The third kappa shape index (κ3) is 6.72. The average Bonchev–Trinajstić information content (AvgIpc) is 2.67. The summed E-state index contributed by atoms with van der Waals surface area (Å²) in [6.45, 7) is 2.89. The van der Waals surface area contributed by atoms with Crippen molar-refractivity contribution >= 4 is 33.4 Å². The van der Waals surface area contributed by atoms with Gasteiger partial charge in [-0.15, -0.1) is 0 Å². The number of nitrogens with one attached hydrogen (secondary N) is 2. The minimum atomic E-state index is -3.42. The Morgan fingerprint density at radius 1 is 0.897 bits per heavy atom. The zero-order valence-electron chi connectivity index (χ0n) is 16.2. The molecule has 0 aliphatic rings. The van der Waals surface area contributed by atoms with Gasteiger partial charge in [-0.2, -0.15) is 0 Å². The highest BCUT2D eigenvalue weighted by atomic mass is 32.2. The quantitative estimate of drug-likeness (QED) is 0.500.